The number of carboxylic acids is 1. The third-order valence-corrected chi connectivity index (χ3v) is 7.83. The van der Waals surface area contributed by atoms with Gasteiger partial charge in [-0.05, 0) is 49.4 Å². The second kappa shape index (κ2) is 8.20. The molecular weight excluding hydrogens is 354 g/mol. The maximum atomic E-state index is 13.0. The Morgan fingerprint density at radius 3 is 2.27 bits per heavy atom. The number of anilines is 1. The van der Waals surface area contributed by atoms with Crippen molar-refractivity contribution in [1.82, 2.24) is 0 Å². The molecule has 0 heterocycles. The van der Waals surface area contributed by atoms with Gasteiger partial charge in [0.05, 0.1) is 10.8 Å². The van der Waals surface area contributed by atoms with Crippen LogP contribution in [0.2, 0.25) is 0 Å². The summed E-state index contributed by atoms with van der Waals surface area (Å²) in [6.45, 7) is 5.12. The molecule has 1 aromatic carbocycles. The van der Waals surface area contributed by atoms with Crippen molar-refractivity contribution in [3.63, 3.8) is 0 Å². The van der Waals surface area contributed by atoms with Crippen LogP contribution in [0.25, 0.3) is 0 Å². The fraction of sp³-hybridized carbons (Fsp3) is 0.579. The van der Waals surface area contributed by atoms with E-state index in [9.17, 15) is 18.0 Å². The number of hydrogen-bond donors (Lipinski definition) is 2. The van der Waals surface area contributed by atoms with Gasteiger partial charge in [0.1, 0.15) is 5.25 Å². The zero-order valence-corrected chi connectivity index (χ0v) is 16.3. The third kappa shape index (κ3) is 4.44. The largest absolute Gasteiger partial charge is 0.478 e. The van der Waals surface area contributed by atoms with E-state index in [1.165, 1.54) is 12.1 Å². The number of sulfone groups is 1. The van der Waals surface area contributed by atoms with Crippen LogP contribution >= 0.6 is 0 Å². The smallest absolute Gasteiger partial charge is 0.335 e. The van der Waals surface area contributed by atoms with Gasteiger partial charge < -0.3 is 10.4 Å². The number of carbonyl (C=O) groups is 2. The standard InChI is InChI=1S/C19H27NO5S/c1-12(2)17(26(24,25)15-7-5-4-6-8-15)18(21)20-14-9-10-16(19(22)23)13(3)11-14/h9-12,15,17H,4-8H2,1-3H3,(H,20,21)(H,22,23). The summed E-state index contributed by atoms with van der Waals surface area (Å²) in [6.07, 6.45) is 4.04. The molecule has 0 saturated heterocycles. The molecule has 0 bridgehead atoms. The Bertz CT molecular complexity index is 779. The zero-order valence-electron chi connectivity index (χ0n) is 15.5. The molecule has 1 fully saturated rings. The molecule has 7 heteroatoms. The van der Waals surface area contributed by atoms with E-state index in [1.54, 1.807) is 26.8 Å². The lowest BCUT2D eigenvalue weighted by atomic mass is 10.0. The van der Waals surface area contributed by atoms with E-state index in [0.29, 0.717) is 24.1 Å². The van der Waals surface area contributed by atoms with Crippen LogP contribution in [0.15, 0.2) is 18.2 Å². The summed E-state index contributed by atoms with van der Waals surface area (Å²) in [5.74, 6) is -1.94. The third-order valence-electron chi connectivity index (χ3n) is 4.96. The van der Waals surface area contributed by atoms with E-state index >= 15 is 0 Å². The predicted octanol–water partition coefficient (Wildman–Crippen LogP) is 3.40. The first kappa shape index (κ1) is 20.4. The number of rotatable bonds is 6. The van der Waals surface area contributed by atoms with E-state index < -0.39 is 32.2 Å². The molecule has 2 N–H and O–H groups in total. The van der Waals surface area contributed by atoms with Crippen molar-refractivity contribution in [3.8, 4) is 0 Å². The molecule has 1 atom stereocenters. The molecule has 26 heavy (non-hydrogen) atoms. The fourth-order valence-corrected chi connectivity index (χ4v) is 6.15. The second-order valence-electron chi connectivity index (χ2n) is 7.34. The molecule has 0 aliphatic heterocycles. The summed E-state index contributed by atoms with van der Waals surface area (Å²) in [5, 5.41) is 10.2. The molecule has 0 aromatic heterocycles. The number of aromatic carboxylic acids is 1. The highest BCUT2D eigenvalue weighted by molar-refractivity contribution is 7.93. The normalized spacial score (nSPS) is 17.1. The average molecular weight is 381 g/mol. The van der Waals surface area contributed by atoms with Crippen LogP contribution in [0.4, 0.5) is 5.69 Å². The zero-order chi connectivity index (χ0) is 19.5. The van der Waals surface area contributed by atoms with Gasteiger partial charge in [0.25, 0.3) is 0 Å². The Balaban J connectivity index is 2.23. The molecular formula is C19H27NO5S. The lowest BCUT2D eigenvalue weighted by molar-refractivity contribution is -0.116. The number of nitrogens with one attached hydrogen (secondary N) is 1. The van der Waals surface area contributed by atoms with Crippen molar-refractivity contribution >= 4 is 27.4 Å². The first-order valence-corrected chi connectivity index (χ1v) is 10.6. The molecule has 2 rings (SSSR count). The second-order valence-corrected chi connectivity index (χ2v) is 9.69. The van der Waals surface area contributed by atoms with Crippen molar-refractivity contribution in [2.75, 3.05) is 5.32 Å². The molecule has 1 aliphatic carbocycles. The molecule has 1 aliphatic rings. The molecule has 0 spiro atoms. The maximum absolute atomic E-state index is 13.0. The molecule has 0 radical (unpaired) electrons. The summed E-state index contributed by atoms with van der Waals surface area (Å²) in [5.41, 5.74) is 1.06. The number of amides is 1. The van der Waals surface area contributed by atoms with Crippen molar-refractivity contribution in [1.29, 1.82) is 0 Å². The van der Waals surface area contributed by atoms with Gasteiger partial charge in [-0.15, -0.1) is 0 Å². The summed E-state index contributed by atoms with van der Waals surface area (Å²) < 4.78 is 26.1. The van der Waals surface area contributed by atoms with Gasteiger partial charge in [-0.1, -0.05) is 33.1 Å². The molecule has 1 aromatic rings. The fourth-order valence-electron chi connectivity index (χ4n) is 3.63. The van der Waals surface area contributed by atoms with Gasteiger partial charge in [0.2, 0.25) is 5.91 Å². The van der Waals surface area contributed by atoms with E-state index in [4.69, 9.17) is 5.11 Å². The first-order chi connectivity index (χ1) is 12.1. The number of carboxylic acid groups (broad SMARTS) is 1. The van der Waals surface area contributed by atoms with Crippen molar-refractivity contribution in [2.24, 2.45) is 5.92 Å². The van der Waals surface area contributed by atoms with E-state index in [2.05, 4.69) is 5.32 Å². The molecule has 144 valence electrons. The maximum Gasteiger partial charge on any atom is 0.335 e. The Hall–Kier alpha value is -1.89. The van der Waals surface area contributed by atoms with E-state index in [-0.39, 0.29) is 11.5 Å². The molecule has 6 nitrogen and oxygen atoms in total. The van der Waals surface area contributed by atoms with E-state index in [1.807, 2.05) is 0 Å². The summed E-state index contributed by atoms with van der Waals surface area (Å²) >= 11 is 0. The molecule has 1 unspecified atom stereocenters. The molecule has 1 saturated carbocycles. The minimum Gasteiger partial charge on any atom is -0.478 e. The summed E-state index contributed by atoms with van der Waals surface area (Å²) in [6, 6.07) is 4.44. The van der Waals surface area contributed by atoms with Gasteiger partial charge in [0, 0.05) is 5.69 Å². The SMILES string of the molecule is Cc1cc(NC(=O)C(C(C)C)S(=O)(=O)C2CCCCC2)ccc1C(=O)O. The Kier molecular flexibility index (Phi) is 6.44. The first-order valence-electron chi connectivity index (χ1n) is 9.02. The van der Waals surface area contributed by atoms with Gasteiger partial charge in [-0.2, -0.15) is 0 Å². The predicted molar refractivity (Wildman–Crippen MR) is 101 cm³/mol. The summed E-state index contributed by atoms with van der Waals surface area (Å²) in [4.78, 5) is 23.9. The Morgan fingerprint density at radius 2 is 1.77 bits per heavy atom. The van der Waals surface area contributed by atoms with Crippen LogP contribution in [-0.2, 0) is 14.6 Å². The lowest BCUT2D eigenvalue weighted by Gasteiger charge is -2.28. The highest BCUT2D eigenvalue weighted by atomic mass is 32.2. The number of hydrogen-bond acceptors (Lipinski definition) is 4. The lowest BCUT2D eigenvalue weighted by Crippen LogP contribution is -2.44. The summed E-state index contributed by atoms with van der Waals surface area (Å²) in [7, 11) is -3.58. The van der Waals surface area contributed by atoms with Crippen LogP contribution in [0.5, 0.6) is 0 Å². The number of benzene rings is 1. The molecule has 1 amide bonds. The van der Waals surface area contributed by atoms with Crippen LogP contribution < -0.4 is 5.32 Å². The highest BCUT2D eigenvalue weighted by Crippen LogP contribution is 2.29. The topological polar surface area (TPSA) is 101 Å². The van der Waals surface area contributed by atoms with E-state index in [0.717, 1.165) is 19.3 Å². The quantitative estimate of drug-likeness (QED) is 0.786. The minimum atomic E-state index is -3.58. The number of aryl methyl sites for hydroxylation is 1. The van der Waals surface area contributed by atoms with Crippen LogP contribution in [-0.4, -0.2) is 35.9 Å². The number of carbonyl (C=O) groups excluding carboxylic acids is 1. The van der Waals surface area contributed by atoms with Crippen molar-refractivity contribution in [2.45, 2.75) is 63.4 Å². The average Bonchev–Trinajstić information content (AvgIpc) is 2.54. The van der Waals surface area contributed by atoms with Gasteiger partial charge in [0.15, 0.2) is 9.84 Å². The Labute approximate surface area is 154 Å². The Morgan fingerprint density at radius 1 is 1.15 bits per heavy atom. The van der Waals surface area contributed by atoms with Crippen LogP contribution in [0.1, 0.15) is 61.9 Å². The van der Waals surface area contributed by atoms with Gasteiger partial charge in [-0.3, -0.25) is 4.79 Å². The van der Waals surface area contributed by atoms with Crippen molar-refractivity contribution in [3.05, 3.63) is 29.3 Å². The van der Waals surface area contributed by atoms with Gasteiger partial charge in [-0.25, -0.2) is 13.2 Å². The van der Waals surface area contributed by atoms with Crippen LogP contribution in [0.3, 0.4) is 0 Å². The highest BCUT2D eigenvalue weighted by Gasteiger charge is 2.41. The van der Waals surface area contributed by atoms with Gasteiger partial charge >= 0.3 is 5.97 Å². The van der Waals surface area contributed by atoms with Crippen molar-refractivity contribution < 1.29 is 23.1 Å². The monoisotopic (exact) mass is 381 g/mol. The van der Waals surface area contributed by atoms with Crippen LogP contribution in [0, 0.1) is 12.8 Å². The minimum absolute atomic E-state index is 0.151.